The number of amides is 1. The molecule has 1 aliphatic heterocycles. The average molecular weight is 377 g/mol. The zero-order valence-electron chi connectivity index (χ0n) is 16.5. The van der Waals surface area contributed by atoms with E-state index >= 15 is 0 Å². The first kappa shape index (κ1) is 18.7. The van der Waals surface area contributed by atoms with Crippen molar-refractivity contribution < 1.29 is 9.21 Å². The third kappa shape index (κ3) is 3.31. The molecule has 1 amide bonds. The first-order chi connectivity index (χ1) is 13.4. The van der Waals surface area contributed by atoms with E-state index in [1.165, 1.54) is 5.56 Å². The Morgan fingerprint density at radius 3 is 2.89 bits per heavy atom. The van der Waals surface area contributed by atoms with E-state index in [4.69, 9.17) is 10.2 Å². The summed E-state index contributed by atoms with van der Waals surface area (Å²) in [6.45, 7) is 5.83. The third-order valence-electron chi connectivity index (χ3n) is 6.37. The Balaban J connectivity index is 1.51. The molecule has 0 aliphatic carbocycles. The molecule has 1 aromatic carbocycles. The van der Waals surface area contributed by atoms with Crippen molar-refractivity contribution in [3.8, 4) is 0 Å². The molecule has 4 rings (SSSR count). The number of carbonyl (C=O) groups is 1. The van der Waals surface area contributed by atoms with E-state index in [1.54, 1.807) is 6.26 Å². The molecule has 2 N–H and O–H groups in total. The number of nitrogens with two attached hydrogens (primary N) is 1. The number of aryl methyl sites for hydroxylation is 1. The minimum absolute atomic E-state index is 0.203. The van der Waals surface area contributed by atoms with E-state index in [0.717, 1.165) is 42.5 Å². The topological polar surface area (TPSA) is 72.4 Å². The maximum absolute atomic E-state index is 12.5. The van der Waals surface area contributed by atoms with E-state index in [2.05, 4.69) is 41.9 Å². The number of likely N-dealkylation sites (tertiary alicyclic amines) is 1. The lowest BCUT2D eigenvalue weighted by Crippen LogP contribution is -2.45. The Labute approximate surface area is 165 Å². The smallest absolute Gasteiger partial charge is 0.224 e. The van der Waals surface area contributed by atoms with Crippen LogP contribution in [0.4, 0.5) is 0 Å². The number of rotatable bonds is 6. The molecule has 0 bridgehead atoms. The number of benzene rings is 1. The van der Waals surface area contributed by atoms with Crippen LogP contribution in [-0.4, -0.2) is 28.9 Å². The Morgan fingerprint density at radius 2 is 2.14 bits per heavy atom. The van der Waals surface area contributed by atoms with Gasteiger partial charge < -0.3 is 10.2 Å². The molecular formula is C23H27N3O2. The number of hydrogen-bond donors (Lipinski definition) is 1. The van der Waals surface area contributed by atoms with Crippen LogP contribution in [0, 0.1) is 5.41 Å². The van der Waals surface area contributed by atoms with Gasteiger partial charge in [0.2, 0.25) is 5.91 Å². The summed E-state index contributed by atoms with van der Waals surface area (Å²) < 4.78 is 5.51. The summed E-state index contributed by atoms with van der Waals surface area (Å²) in [6.07, 6.45) is 5.84. The van der Waals surface area contributed by atoms with E-state index in [0.29, 0.717) is 6.54 Å². The maximum atomic E-state index is 12.5. The first-order valence-electron chi connectivity index (χ1n) is 9.83. The van der Waals surface area contributed by atoms with Crippen LogP contribution in [-0.2, 0) is 16.8 Å². The average Bonchev–Trinajstić information content (AvgIpc) is 3.35. The maximum Gasteiger partial charge on any atom is 0.224 e. The molecule has 2 aromatic heterocycles. The number of nitrogens with zero attached hydrogens (tertiary/aromatic N) is 2. The van der Waals surface area contributed by atoms with Crippen LogP contribution < -0.4 is 5.73 Å². The van der Waals surface area contributed by atoms with Crippen LogP contribution in [0.2, 0.25) is 0 Å². The second-order valence-electron chi connectivity index (χ2n) is 8.38. The van der Waals surface area contributed by atoms with Crippen LogP contribution in [0.1, 0.15) is 37.9 Å². The highest BCUT2D eigenvalue weighted by Crippen LogP contribution is 2.41. The van der Waals surface area contributed by atoms with Gasteiger partial charge in [0.05, 0.1) is 22.9 Å². The van der Waals surface area contributed by atoms with Crippen LogP contribution >= 0.6 is 0 Å². The summed E-state index contributed by atoms with van der Waals surface area (Å²) in [5.41, 5.74) is 8.23. The fourth-order valence-corrected chi connectivity index (χ4v) is 4.30. The Morgan fingerprint density at radius 1 is 1.29 bits per heavy atom. The molecule has 5 heteroatoms. The highest BCUT2D eigenvalue weighted by atomic mass is 16.3. The number of hydrogen-bond acceptors (Lipinski definition) is 4. The minimum atomic E-state index is -0.510. The summed E-state index contributed by atoms with van der Waals surface area (Å²) in [5, 5.41) is 1.09. The first-order valence-corrected chi connectivity index (χ1v) is 9.83. The van der Waals surface area contributed by atoms with Crippen molar-refractivity contribution in [3.05, 3.63) is 66.2 Å². The monoisotopic (exact) mass is 377 g/mol. The molecule has 28 heavy (non-hydrogen) atoms. The largest absolute Gasteiger partial charge is 0.464 e. The van der Waals surface area contributed by atoms with Crippen molar-refractivity contribution in [1.29, 1.82) is 0 Å². The zero-order chi connectivity index (χ0) is 19.8. The summed E-state index contributed by atoms with van der Waals surface area (Å²) in [4.78, 5) is 19.4. The van der Waals surface area contributed by atoms with Crippen molar-refractivity contribution in [2.45, 2.75) is 38.6 Å². The van der Waals surface area contributed by atoms with E-state index in [1.807, 2.05) is 30.5 Å². The van der Waals surface area contributed by atoms with Crippen molar-refractivity contribution in [2.24, 2.45) is 11.1 Å². The van der Waals surface area contributed by atoms with E-state index in [9.17, 15) is 4.79 Å². The Hall–Kier alpha value is -2.66. The van der Waals surface area contributed by atoms with E-state index < -0.39 is 5.41 Å². The summed E-state index contributed by atoms with van der Waals surface area (Å²) in [6, 6.07) is 14.2. The lowest BCUT2D eigenvalue weighted by atomic mass is 9.80. The van der Waals surface area contributed by atoms with Crippen molar-refractivity contribution in [3.63, 3.8) is 0 Å². The summed E-state index contributed by atoms with van der Waals surface area (Å²) in [5.74, 6) is -0.203. The SMILES string of the molecule is CC(C)(c1ccccn1)N1CC[C@@](CCc2ccc3ccoc3c2)(C(N)=O)C1. The molecule has 0 saturated carbocycles. The Bertz CT molecular complexity index is 980. The standard InChI is InChI=1S/C23H27N3O2/c1-22(2,20-5-3-4-12-25-20)26-13-11-23(16-26,21(24)27)10-8-17-6-7-18-9-14-28-19(18)15-17/h3-7,9,12,14-15H,8,10-11,13,16H2,1-2H3,(H2,24,27)/t23-/m1/s1. The zero-order valence-corrected chi connectivity index (χ0v) is 16.5. The van der Waals surface area contributed by atoms with Gasteiger partial charge in [0.25, 0.3) is 0 Å². The van der Waals surface area contributed by atoms with Gasteiger partial charge in [-0.2, -0.15) is 0 Å². The van der Waals surface area contributed by atoms with Crippen molar-refractivity contribution in [1.82, 2.24) is 9.88 Å². The summed E-state index contributed by atoms with van der Waals surface area (Å²) >= 11 is 0. The lowest BCUT2D eigenvalue weighted by Gasteiger charge is -2.36. The number of primary amides is 1. The molecule has 1 saturated heterocycles. The molecule has 0 radical (unpaired) electrons. The van der Waals surface area contributed by atoms with Crippen molar-refractivity contribution >= 4 is 16.9 Å². The van der Waals surface area contributed by atoms with Crippen LogP contribution in [0.5, 0.6) is 0 Å². The molecule has 3 heterocycles. The molecule has 1 aliphatic rings. The highest BCUT2D eigenvalue weighted by Gasteiger charge is 2.47. The molecule has 1 atom stereocenters. The second kappa shape index (κ2) is 7.06. The molecule has 3 aromatic rings. The normalized spacial score (nSPS) is 20.6. The molecule has 146 valence electrons. The third-order valence-corrected chi connectivity index (χ3v) is 6.37. The van der Waals surface area contributed by atoms with Gasteiger partial charge in [-0.15, -0.1) is 0 Å². The van der Waals surface area contributed by atoms with Gasteiger partial charge in [0, 0.05) is 24.7 Å². The van der Waals surface area contributed by atoms with Crippen LogP contribution in [0.3, 0.4) is 0 Å². The van der Waals surface area contributed by atoms with Gasteiger partial charge in [-0.1, -0.05) is 18.2 Å². The van der Waals surface area contributed by atoms with Crippen LogP contribution in [0.25, 0.3) is 11.0 Å². The number of carbonyl (C=O) groups excluding carboxylic acids is 1. The van der Waals surface area contributed by atoms with Gasteiger partial charge in [0.1, 0.15) is 5.58 Å². The van der Waals surface area contributed by atoms with Gasteiger partial charge in [-0.05, 0) is 62.9 Å². The van der Waals surface area contributed by atoms with Crippen LogP contribution in [0.15, 0.2) is 59.3 Å². The van der Waals surface area contributed by atoms with Gasteiger partial charge in [0.15, 0.2) is 0 Å². The molecular weight excluding hydrogens is 350 g/mol. The highest BCUT2D eigenvalue weighted by molar-refractivity contribution is 5.81. The lowest BCUT2D eigenvalue weighted by molar-refractivity contribution is -0.127. The fourth-order valence-electron chi connectivity index (χ4n) is 4.30. The molecule has 1 fully saturated rings. The number of fused-ring (bicyclic) bond motifs is 1. The van der Waals surface area contributed by atoms with Gasteiger partial charge in [-0.3, -0.25) is 14.7 Å². The Kier molecular flexibility index (Phi) is 4.71. The van der Waals surface area contributed by atoms with E-state index in [-0.39, 0.29) is 11.4 Å². The predicted octanol–water partition coefficient (Wildman–Crippen LogP) is 3.87. The number of furan rings is 1. The van der Waals surface area contributed by atoms with Gasteiger partial charge in [-0.25, -0.2) is 0 Å². The minimum Gasteiger partial charge on any atom is -0.464 e. The van der Waals surface area contributed by atoms with Gasteiger partial charge >= 0.3 is 0 Å². The summed E-state index contributed by atoms with van der Waals surface area (Å²) in [7, 11) is 0. The predicted molar refractivity (Wildman–Crippen MR) is 110 cm³/mol. The van der Waals surface area contributed by atoms with Crippen molar-refractivity contribution in [2.75, 3.05) is 13.1 Å². The molecule has 0 unspecified atom stereocenters. The molecule has 5 nitrogen and oxygen atoms in total. The second-order valence-corrected chi connectivity index (χ2v) is 8.38. The quantitative estimate of drug-likeness (QED) is 0.708. The molecule has 0 spiro atoms. The number of pyridine rings is 1. The number of aromatic nitrogens is 1. The fraction of sp³-hybridized carbons (Fsp3) is 0.391.